The summed E-state index contributed by atoms with van der Waals surface area (Å²) in [5.41, 5.74) is 1.84. The monoisotopic (exact) mass is 612 g/mol. The van der Waals surface area contributed by atoms with Crippen LogP contribution in [0.5, 0.6) is 11.5 Å². The molecule has 1 fully saturated rings. The second-order valence-electron chi connectivity index (χ2n) is 10.2. The molecule has 4 aromatic carbocycles. The maximum Gasteiger partial charge on any atom is 0.409 e. The molecule has 6 rings (SSSR count). The SMILES string of the molecule is O=C(O)Nc1cc(N2CCCS2(=O)=O)c2oc(-c3ccc(OCc4ccccc4)cc3)c(OCc3ccccc3)c(=O)c2c1. The number of sulfonamides is 1. The van der Waals surface area contributed by atoms with Crippen molar-refractivity contribution in [1.29, 1.82) is 0 Å². The van der Waals surface area contributed by atoms with Crippen molar-refractivity contribution >= 4 is 38.5 Å². The number of nitrogens with zero attached hydrogens (tertiary/aromatic N) is 1. The molecular weight excluding hydrogens is 584 g/mol. The van der Waals surface area contributed by atoms with Gasteiger partial charge in [0.25, 0.3) is 0 Å². The fourth-order valence-corrected chi connectivity index (χ4v) is 6.61. The molecule has 11 heteroatoms. The first kappa shape index (κ1) is 28.8. The molecule has 1 saturated heterocycles. The molecule has 2 heterocycles. The summed E-state index contributed by atoms with van der Waals surface area (Å²) in [6.45, 7) is 0.590. The molecule has 0 aliphatic carbocycles. The number of carbonyl (C=O) groups is 1. The van der Waals surface area contributed by atoms with E-state index in [-0.39, 0.29) is 52.8 Å². The minimum Gasteiger partial charge on any atom is -0.489 e. The Bertz CT molecular complexity index is 1980. The van der Waals surface area contributed by atoms with Crippen LogP contribution in [0.25, 0.3) is 22.3 Å². The number of anilines is 2. The zero-order valence-corrected chi connectivity index (χ0v) is 24.3. The minimum absolute atomic E-state index is 0.00267. The highest BCUT2D eigenvalue weighted by atomic mass is 32.2. The number of hydrogen-bond donors (Lipinski definition) is 2. The zero-order valence-electron chi connectivity index (χ0n) is 23.4. The molecule has 0 atom stereocenters. The first-order chi connectivity index (χ1) is 21.3. The van der Waals surface area contributed by atoms with Crippen LogP contribution in [0.4, 0.5) is 16.2 Å². The summed E-state index contributed by atoms with van der Waals surface area (Å²) < 4.78 is 45.4. The maximum absolute atomic E-state index is 14.1. The fourth-order valence-electron chi connectivity index (χ4n) is 5.05. The quantitative estimate of drug-likeness (QED) is 0.200. The molecule has 0 bridgehead atoms. The smallest absolute Gasteiger partial charge is 0.409 e. The van der Waals surface area contributed by atoms with Gasteiger partial charge < -0.3 is 19.0 Å². The fraction of sp³-hybridized carbons (Fsp3) is 0.152. The van der Waals surface area contributed by atoms with Crippen molar-refractivity contribution in [2.24, 2.45) is 0 Å². The van der Waals surface area contributed by atoms with Gasteiger partial charge in [-0.3, -0.25) is 14.4 Å². The summed E-state index contributed by atoms with van der Waals surface area (Å²) in [7, 11) is -3.71. The molecular formula is C33H28N2O8S. The molecule has 2 N–H and O–H groups in total. The van der Waals surface area contributed by atoms with Crippen LogP contribution in [0.3, 0.4) is 0 Å². The van der Waals surface area contributed by atoms with Crippen LogP contribution in [0.1, 0.15) is 17.5 Å². The van der Waals surface area contributed by atoms with Gasteiger partial charge in [-0.1, -0.05) is 60.7 Å². The standard InChI is InChI=1S/C33H28N2O8S/c36-29-27-18-25(34-33(37)38)19-28(35-16-7-17-44(35,39)40)31(27)43-30(32(29)42-21-23-10-5-2-6-11-23)24-12-14-26(15-13-24)41-20-22-8-3-1-4-9-22/h1-6,8-15,18-19,34H,7,16-17,20-21H2,(H,37,38). The molecule has 44 heavy (non-hydrogen) atoms. The normalized spacial score (nSPS) is 14.0. The Hall–Kier alpha value is -5.29. The van der Waals surface area contributed by atoms with Gasteiger partial charge in [0.2, 0.25) is 21.2 Å². The first-order valence-electron chi connectivity index (χ1n) is 13.9. The Labute approximate surface area is 253 Å². The number of rotatable bonds is 9. The molecule has 0 spiro atoms. The van der Waals surface area contributed by atoms with E-state index in [4.69, 9.17) is 13.9 Å². The molecule has 1 aromatic heterocycles. The second-order valence-corrected chi connectivity index (χ2v) is 12.2. The van der Waals surface area contributed by atoms with E-state index in [1.165, 1.54) is 12.1 Å². The number of nitrogens with one attached hydrogen (secondary N) is 1. The van der Waals surface area contributed by atoms with Gasteiger partial charge in [0.05, 0.1) is 16.8 Å². The highest BCUT2D eigenvalue weighted by molar-refractivity contribution is 7.93. The van der Waals surface area contributed by atoms with Crippen LogP contribution in [0.2, 0.25) is 0 Å². The molecule has 0 saturated carbocycles. The zero-order chi connectivity index (χ0) is 30.7. The lowest BCUT2D eigenvalue weighted by Crippen LogP contribution is -2.26. The summed E-state index contributed by atoms with van der Waals surface area (Å²) in [5, 5.41) is 11.6. The second kappa shape index (κ2) is 12.1. The van der Waals surface area contributed by atoms with Gasteiger partial charge in [-0.15, -0.1) is 0 Å². The lowest BCUT2D eigenvalue weighted by Gasteiger charge is -2.20. The number of fused-ring (bicyclic) bond motifs is 1. The largest absolute Gasteiger partial charge is 0.489 e. The van der Waals surface area contributed by atoms with Crippen molar-refractivity contribution in [3.63, 3.8) is 0 Å². The lowest BCUT2D eigenvalue weighted by atomic mass is 10.1. The number of benzene rings is 4. The van der Waals surface area contributed by atoms with Crippen LogP contribution in [0, 0.1) is 0 Å². The van der Waals surface area contributed by atoms with Crippen LogP contribution < -0.4 is 24.5 Å². The average Bonchev–Trinajstić information content (AvgIpc) is 3.39. The molecule has 1 aliphatic rings. The molecule has 10 nitrogen and oxygen atoms in total. The third kappa shape index (κ3) is 6.09. The van der Waals surface area contributed by atoms with Crippen molar-refractivity contribution in [2.75, 3.05) is 21.9 Å². The van der Waals surface area contributed by atoms with E-state index in [0.717, 1.165) is 15.4 Å². The molecule has 224 valence electrons. The van der Waals surface area contributed by atoms with Crippen molar-refractivity contribution < 1.29 is 32.2 Å². The molecule has 5 aromatic rings. The van der Waals surface area contributed by atoms with Crippen LogP contribution in [-0.4, -0.2) is 31.9 Å². The molecule has 0 unspecified atom stereocenters. The average molecular weight is 613 g/mol. The Balaban J connectivity index is 1.47. The van der Waals surface area contributed by atoms with Gasteiger partial charge in [0.15, 0.2) is 11.3 Å². The highest BCUT2D eigenvalue weighted by Gasteiger charge is 2.32. The number of hydrogen-bond acceptors (Lipinski definition) is 7. The topological polar surface area (TPSA) is 135 Å². The molecule has 0 radical (unpaired) electrons. The predicted octanol–water partition coefficient (Wildman–Crippen LogP) is 6.25. The van der Waals surface area contributed by atoms with Gasteiger partial charge >= 0.3 is 6.09 Å². The number of carboxylic acid groups (broad SMARTS) is 1. The van der Waals surface area contributed by atoms with Gasteiger partial charge in [-0.05, 0) is 53.9 Å². The van der Waals surface area contributed by atoms with E-state index >= 15 is 0 Å². The number of amides is 1. The summed E-state index contributed by atoms with van der Waals surface area (Å²) in [5.74, 6) is 0.526. The first-order valence-corrected chi connectivity index (χ1v) is 15.5. The van der Waals surface area contributed by atoms with Crippen molar-refractivity contribution in [1.82, 2.24) is 0 Å². The van der Waals surface area contributed by atoms with E-state index < -0.39 is 21.5 Å². The lowest BCUT2D eigenvalue weighted by molar-refractivity contribution is 0.209. The van der Waals surface area contributed by atoms with Gasteiger partial charge in [-0.2, -0.15) is 0 Å². The Morgan fingerprint density at radius 1 is 0.886 bits per heavy atom. The molecule has 1 aliphatic heterocycles. The van der Waals surface area contributed by atoms with E-state index in [1.54, 1.807) is 24.3 Å². The predicted molar refractivity (Wildman–Crippen MR) is 167 cm³/mol. The molecule has 1 amide bonds. The van der Waals surface area contributed by atoms with Crippen molar-refractivity contribution in [2.45, 2.75) is 19.6 Å². The van der Waals surface area contributed by atoms with Gasteiger partial charge in [0, 0.05) is 17.8 Å². The summed E-state index contributed by atoms with van der Waals surface area (Å²) in [4.78, 5) is 25.6. The van der Waals surface area contributed by atoms with E-state index in [2.05, 4.69) is 5.32 Å². The van der Waals surface area contributed by atoms with E-state index in [1.807, 2.05) is 60.7 Å². The van der Waals surface area contributed by atoms with E-state index in [9.17, 15) is 23.1 Å². The third-order valence-corrected chi connectivity index (χ3v) is 9.00. The van der Waals surface area contributed by atoms with Gasteiger partial charge in [-0.25, -0.2) is 13.2 Å². The number of ether oxygens (including phenoxy) is 2. The van der Waals surface area contributed by atoms with E-state index in [0.29, 0.717) is 24.3 Å². The highest BCUT2D eigenvalue weighted by Crippen LogP contribution is 2.39. The van der Waals surface area contributed by atoms with Crippen molar-refractivity contribution in [3.05, 3.63) is 118 Å². The van der Waals surface area contributed by atoms with Crippen molar-refractivity contribution in [3.8, 4) is 22.8 Å². The van der Waals surface area contributed by atoms with Crippen LogP contribution in [0.15, 0.2) is 106 Å². The Morgan fingerprint density at radius 2 is 1.52 bits per heavy atom. The minimum atomic E-state index is -3.71. The Kier molecular flexibility index (Phi) is 7.95. The summed E-state index contributed by atoms with van der Waals surface area (Å²) in [6, 6.07) is 28.6. The van der Waals surface area contributed by atoms with Crippen LogP contribution >= 0.6 is 0 Å². The van der Waals surface area contributed by atoms with Crippen LogP contribution in [-0.2, 0) is 23.2 Å². The third-order valence-electron chi connectivity index (χ3n) is 7.14. The summed E-state index contributed by atoms with van der Waals surface area (Å²) in [6.07, 6.45) is -0.990. The Morgan fingerprint density at radius 3 is 2.11 bits per heavy atom. The van der Waals surface area contributed by atoms with Gasteiger partial charge in [0.1, 0.15) is 19.0 Å². The summed E-state index contributed by atoms with van der Waals surface area (Å²) >= 11 is 0. The maximum atomic E-state index is 14.1.